The zero-order valence-corrected chi connectivity index (χ0v) is 18.8. The lowest BCUT2D eigenvalue weighted by Gasteiger charge is -2.11. The molecule has 3 aromatic carbocycles. The Morgan fingerprint density at radius 2 is 1.55 bits per heavy atom. The van der Waals surface area contributed by atoms with E-state index in [4.69, 9.17) is 28.9 Å². The molecule has 3 rings (SSSR count). The van der Waals surface area contributed by atoms with Crippen molar-refractivity contribution in [2.45, 2.75) is 13.1 Å². The van der Waals surface area contributed by atoms with Crippen LogP contribution in [0.15, 0.2) is 83.5 Å². The highest BCUT2D eigenvalue weighted by atomic mass is 35.5. The van der Waals surface area contributed by atoms with Crippen LogP contribution >= 0.6 is 23.2 Å². The molecule has 0 fully saturated rings. The SMILES string of the molecule is Cc1cccc(Cl)c1NC(=O)c1ccc(C(C=C(N)C(F)(F)F)=Nc2ccccc2Cl)cc1. The second-order valence-electron chi connectivity index (χ2n) is 7.01. The summed E-state index contributed by atoms with van der Waals surface area (Å²) in [6.07, 6.45) is -4.00. The molecular formula is C24H18Cl2F3N3O. The number of halogens is 5. The monoisotopic (exact) mass is 491 g/mol. The Labute approximate surface area is 198 Å². The van der Waals surface area contributed by atoms with Gasteiger partial charge >= 0.3 is 6.18 Å². The molecule has 0 radical (unpaired) electrons. The smallest absolute Gasteiger partial charge is 0.395 e. The van der Waals surface area contributed by atoms with E-state index in [2.05, 4.69) is 10.3 Å². The summed E-state index contributed by atoms with van der Waals surface area (Å²) in [7, 11) is 0. The van der Waals surface area contributed by atoms with Crippen LogP contribution in [0, 0.1) is 6.92 Å². The van der Waals surface area contributed by atoms with Gasteiger partial charge in [-0.2, -0.15) is 13.2 Å². The Morgan fingerprint density at radius 1 is 0.939 bits per heavy atom. The fourth-order valence-electron chi connectivity index (χ4n) is 2.85. The summed E-state index contributed by atoms with van der Waals surface area (Å²) in [5.74, 6) is -0.423. The zero-order chi connectivity index (χ0) is 24.2. The molecule has 4 nitrogen and oxygen atoms in total. The molecule has 0 heterocycles. The fraction of sp³-hybridized carbons (Fsp3) is 0.0833. The minimum absolute atomic E-state index is 0.0631. The van der Waals surface area contributed by atoms with E-state index in [0.29, 0.717) is 16.3 Å². The first kappa shape index (κ1) is 24.4. The molecule has 33 heavy (non-hydrogen) atoms. The van der Waals surface area contributed by atoms with Gasteiger partial charge < -0.3 is 11.1 Å². The summed E-state index contributed by atoms with van der Waals surface area (Å²) in [4.78, 5) is 16.9. The second-order valence-corrected chi connectivity index (χ2v) is 7.82. The van der Waals surface area contributed by atoms with E-state index in [1.807, 2.05) is 0 Å². The molecule has 3 N–H and O–H groups in total. The molecule has 170 valence electrons. The molecule has 0 aliphatic heterocycles. The minimum atomic E-state index is -4.73. The molecule has 9 heteroatoms. The van der Waals surface area contributed by atoms with Gasteiger partial charge in [-0.05, 0) is 48.9 Å². The number of amides is 1. The van der Waals surface area contributed by atoms with Crippen LogP contribution in [0.25, 0.3) is 0 Å². The van der Waals surface area contributed by atoms with Gasteiger partial charge in [-0.15, -0.1) is 0 Å². The Morgan fingerprint density at radius 3 is 2.15 bits per heavy atom. The first-order chi connectivity index (χ1) is 15.6. The number of aliphatic imine (C=N–C) groups is 1. The van der Waals surface area contributed by atoms with Crippen molar-refractivity contribution in [3.05, 3.63) is 105 Å². The molecule has 0 saturated heterocycles. The predicted molar refractivity (Wildman–Crippen MR) is 127 cm³/mol. The minimum Gasteiger partial charge on any atom is -0.395 e. The number of nitrogens with zero attached hydrogens (tertiary/aromatic N) is 1. The lowest BCUT2D eigenvalue weighted by Crippen LogP contribution is -2.21. The Balaban J connectivity index is 1.96. The third kappa shape index (κ3) is 6.15. The Hall–Kier alpha value is -3.29. The highest BCUT2D eigenvalue weighted by Crippen LogP contribution is 2.28. The topological polar surface area (TPSA) is 67.5 Å². The van der Waals surface area contributed by atoms with E-state index in [-0.39, 0.29) is 22.0 Å². The summed E-state index contributed by atoms with van der Waals surface area (Å²) in [5, 5.41) is 3.40. The molecular weight excluding hydrogens is 474 g/mol. The highest BCUT2D eigenvalue weighted by molar-refractivity contribution is 6.34. The van der Waals surface area contributed by atoms with Crippen molar-refractivity contribution in [3.63, 3.8) is 0 Å². The van der Waals surface area contributed by atoms with Crippen molar-refractivity contribution in [3.8, 4) is 0 Å². The number of aryl methyl sites for hydroxylation is 1. The lowest BCUT2D eigenvalue weighted by atomic mass is 10.1. The van der Waals surface area contributed by atoms with Gasteiger partial charge in [0.25, 0.3) is 5.91 Å². The van der Waals surface area contributed by atoms with E-state index in [1.165, 1.54) is 24.3 Å². The zero-order valence-electron chi connectivity index (χ0n) is 17.3. The van der Waals surface area contributed by atoms with Gasteiger partial charge in [-0.1, -0.05) is 59.6 Å². The summed E-state index contributed by atoms with van der Waals surface area (Å²) in [6, 6.07) is 17.6. The summed E-state index contributed by atoms with van der Waals surface area (Å²) >= 11 is 12.3. The fourth-order valence-corrected chi connectivity index (χ4v) is 3.30. The third-order valence-electron chi connectivity index (χ3n) is 4.62. The van der Waals surface area contributed by atoms with Gasteiger partial charge in [0.15, 0.2) is 0 Å². The molecule has 0 aliphatic carbocycles. The average molecular weight is 492 g/mol. The molecule has 3 aromatic rings. The van der Waals surface area contributed by atoms with Crippen LogP contribution in [0.4, 0.5) is 24.5 Å². The number of nitrogens with one attached hydrogen (secondary N) is 1. The van der Waals surface area contributed by atoms with Crippen LogP contribution in [0.1, 0.15) is 21.5 Å². The summed E-state index contributed by atoms with van der Waals surface area (Å²) < 4.78 is 39.1. The number of anilines is 1. The van der Waals surface area contributed by atoms with Crippen LogP contribution in [0.3, 0.4) is 0 Å². The van der Waals surface area contributed by atoms with Gasteiger partial charge in [0, 0.05) is 11.1 Å². The number of rotatable bonds is 5. The van der Waals surface area contributed by atoms with Crippen LogP contribution in [0.5, 0.6) is 0 Å². The number of carbonyl (C=O) groups is 1. The van der Waals surface area contributed by atoms with E-state index >= 15 is 0 Å². The van der Waals surface area contributed by atoms with Crippen LogP contribution < -0.4 is 11.1 Å². The van der Waals surface area contributed by atoms with Crippen molar-refractivity contribution in [2.75, 3.05) is 5.32 Å². The highest BCUT2D eigenvalue weighted by Gasteiger charge is 2.31. The number of hydrogen-bond donors (Lipinski definition) is 2. The summed E-state index contributed by atoms with van der Waals surface area (Å²) in [5.41, 5.74) is 5.98. The number of alkyl halides is 3. The molecule has 0 bridgehead atoms. The van der Waals surface area contributed by atoms with Gasteiger partial charge in [-0.3, -0.25) is 4.79 Å². The number of allylic oxidation sites excluding steroid dienone is 2. The first-order valence-corrected chi connectivity index (χ1v) is 10.4. The maximum absolute atomic E-state index is 13.0. The van der Waals surface area contributed by atoms with Crippen molar-refractivity contribution < 1.29 is 18.0 Å². The summed E-state index contributed by atoms with van der Waals surface area (Å²) in [6.45, 7) is 1.80. The lowest BCUT2D eigenvalue weighted by molar-refractivity contribution is -0.0925. The number of nitrogens with two attached hydrogens (primary N) is 1. The van der Waals surface area contributed by atoms with Crippen molar-refractivity contribution in [1.29, 1.82) is 0 Å². The molecule has 0 saturated carbocycles. The predicted octanol–water partition coefficient (Wildman–Crippen LogP) is 7.08. The van der Waals surface area contributed by atoms with Crippen molar-refractivity contribution in [2.24, 2.45) is 10.7 Å². The van der Waals surface area contributed by atoms with Gasteiger partial charge in [-0.25, -0.2) is 4.99 Å². The second kappa shape index (κ2) is 10.1. The number of carbonyl (C=O) groups excluding carboxylic acids is 1. The normalized spacial score (nSPS) is 12.5. The molecule has 0 aliphatic rings. The standard InChI is InChI=1S/C24H18Cl2F3N3O/c1-14-5-4-7-18(26)22(14)32-23(33)16-11-9-15(10-12-16)20(13-21(30)24(27,28)29)31-19-8-3-2-6-17(19)25/h2-13H,30H2,1H3,(H,32,33). The molecule has 0 unspecified atom stereocenters. The quantitative estimate of drug-likeness (QED) is 0.374. The largest absolute Gasteiger partial charge is 0.430 e. The number of benzene rings is 3. The van der Waals surface area contributed by atoms with Crippen molar-refractivity contribution >= 4 is 46.2 Å². The van der Waals surface area contributed by atoms with Gasteiger partial charge in [0.2, 0.25) is 0 Å². The average Bonchev–Trinajstić information content (AvgIpc) is 2.76. The van der Waals surface area contributed by atoms with Crippen LogP contribution in [0.2, 0.25) is 10.0 Å². The van der Waals surface area contributed by atoms with Crippen molar-refractivity contribution in [1.82, 2.24) is 0 Å². The van der Waals surface area contributed by atoms with E-state index in [1.54, 1.807) is 49.4 Å². The molecule has 0 spiro atoms. The molecule has 1 amide bonds. The molecule has 0 aromatic heterocycles. The Bertz CT molecular complexity index is 1220. The number of para-hydroxylation sites is 2. The van der Waals surface area contributed by atoms with Crippen LogP contribution in [-0.4, -0.2) is 17.8 Å². The van der Waals surface area contributed by atoms with Gasteiger partial charge in [0.05, 0.1) is 27.1 Å². The first-order valence-electron chi connectivity index (χ1n) is 9.61. The van der Waals surface area contributed by atoms with Gasteiger partial charge in [0.1, 0.15) is 5.70 Å². The Kier molecular flexibility index (Phi) is 7.46. The molecule has 0 atom stereocenters. The third-order valence-corrected chi connectivity index (χ3v) is 5.25. The maximum atomic E-state index is 13.0. The van der Waals surface area contributed by atoms with E-state index < -0.39 is 17.8 Å². The maximum Gasteiger partial charge on any atom is 0.430 e. The van der Waals surface area contributed by atoms with Crippen LogP contribution in [-0.2, 0) is 0 Å². The van der Waals surface area contributed by atoms with E-state index in [9.17, 15) is 18.0 Å². The number of hydrogen-bond acceptors (Lipinski definition) is 3. The van der Waals surface area contributed by atoms with E-state index in [0.717, 1.165) is 11.6 Å².